The lowest BCUT2D eigenvalue weighted by Gasteiger charge is -2.15. The zero-order valence-corrected chi connectivity index (χ0v) is 12.7. The van der Waals surface area contributed by atoms with Crippen molar-refractivity contribution in [1.82, 2.24) is 5.32 Å². The summed E-state index contributed by atoms with van der Waals surface area (Å²) in [6.07, 6.45) is 7.16. The Morgan fingerprint density at radius 3 is 2.58 bits per heavy atom. The van der Waals surface area contributed by atoms with Crippen LogP contribution in [0.5, 0.6) is 11.5 Å². The van der Waals surface area contributed by atoms with E-state index in [1.165, 1.54) is 31.1 Å². The van der Waals surface area contributed by atoms with E-state index < -0.39 is 0 Å². The van der Waals surface area contributed by atoms with Gasteiger partial charge in [-0.25, -0.2) is 0 Å². The number of benzene rings is 1. The molecule has 0 saturated heterocycles. The molecule has 3 nitrogen and oxygen atoms in total. The smallest absolute Gasteiger partial charge is 0.124 e. The topological polar surface area (TPSA) is 52.5 Å². The zero-order chi connectivity index (χ0) is 14.1. The molecule has 1 rings (SSSR count). The van der Waals surface area contributed by atoms with E-state index in [1.54, 1.807) is 12.1 Å². The highest BCUT2D eigenvalue weighted by atomic mass is 32.2. The lowest BCUT2D eigenvalue weighted by atomic mass is 10.1. The van der Waals surface area contributed by atoms with E-state index in [9.17, 15) is 10.2 Å². The van der Waals surface area contributed by atoms with Crippen LogP contribution in [0.15, 0.2) is 18.2 Å². The molecule has 0 aromatic heterocycles. The maximum atomic E-state index is 9.76. The van der Waals surface area contributed by atoms with Crippen molar-refractivity contribution in [2.75, 3.05) is 18.6 Å². The molecule has 0 amide bonds. The maximum absolute atomic E-state index is 9.76. The van der Waals surface area contributed by atoms with Gasteiger partial charge >= 0.3 is 0 Å². The van der Waals surface area contributed by atoms with Crippen LogP contribution in [-0.2, 0) is 0 Å². The Morgan fingerprint density at radius 2 is 1.89 bits per heavy atom. The van der Waals surface area contributed by atoms with Crippen LogP contribution in [0.4, 0.5) is 0 Å². The Kier molecular flexibility index (Phi) is 7.75. The number of phenolic OH excluding ortho intramolecular Hbond substituents is 2. The molecule has 1 unspecified atom stereocenters. The van der Waals surface area contributed by atoms with Crippen LogP contribution in [0.25, 0.3) is 0 Å². The maximum Gasteiger partial charge on any atom is 0.124 e. The Morgan fingerprint density at radius 1 is 1.16 bits per heavy atom. The van der Waals surface area contributed by atoms with Crippen LogP contribution >= 0.6 is 11.8 Å². The second-order valence-electron chi connectivity index (χ2n) is 4.83. The van der Waals surface area contributed by atoms with E-state index >= 15 is 0 Å². The Balaban J connectivity index is 2.22. The molecule has 0 heterocycles. The third-order valence-electron chi connectivity index (χ3n) is 3.21. The summed E-state index contributed by atoms with van der Waals surface area (Å²) in [4.78, 5) is 0. The van der Waals surface area contributed by atoms with Gasteiger partial charge in [0.25, 0.3) is 0 Å². The monoisotopic (exact) mass is 283 g/mol. The molecule has 0 fully saturated rings. The Bertz CT molecular complexity index is 371. The Labute approximate surface area is 120 Å². The minimum atomic E-state index is 0.0993. The summed E-state index contributed by atoms with van der Waals surface area (Å²) >= 11 is 1.91. The zero-order valence-electron chi connectivity index (χ0n) is 11.9. The van der Waals surface area contributed by atoms with Gasteiger partial charge < -0.3 is 15.5 Å². The van der Waals surface area contributed by atoms with E-state index in [-0.39, 0.29) is 17.5 Å². The summed E-state index contributed by atoms with van der Waals surface area (Å²) in [6, 6.07) is 4.86. The van der Waals surface area contributed by atoms with Crippen LogP contribution in [-0.4, -0.2) is 28.8 Å². The fourth-order valence-corrected chi connectivity index (χ4v) is 2.54. The van der Waals surface area contributed by atoms with Gasteiger partial charge in [0.2, 0.25) is 0 Å². The molecule has 0 aliphatic carbocycles. The van der Waals surface area contributed by atoms with Crippen LogP contribution in [0.1, 0.15) is 44.2 Å². The van der Waals surface area contributed by atoms with Crippen LogP contribution in [0.2, 0.25) is 0 Å². The van der Waals surface area contributed by atoms with Crippen molar-refractivity contribution < 1.29 is 10.2 Å². The molecule has 0 aliphatic rings. The molecule has 0 radical (unpaired) electrons. The van der Waals surface area contributed by atoms with Gasteiger partial charge in [0, 0.05) is 17.7 Å². The number of unbranched alkanes of at least 4 members (excludes halogenated alkanes) is 3. The molecule has 19 heavy (non-hydrogen) atoms. The Hall–Kier alpha value is -0.870. The van der Waals surface area contributed by atoms with Crippen molar-refractivity contribution in [3.8, 4) is 11.5 Å². The first-order valence-electron chi connectivity index (χ1n) is 6.89. The molecular formula is C15H25NO2S. The number of hydrogen-bond donors (Lipinski definition) is 3. The standard InChI is InChI=1S/C15H25NO2S/c1-12(14-8-7-13(17)11-15(14)18)16-9-5-3-4-6-10-19-2/h7-8,11-12,16-18H,3-6,9-10H2,1-2H3. The quantitative estimate of drug-likeness (QED) is 0.605. The van der Waals surface area contributed by atoms with Crippen molar-refractivity contribution >= 4 is 11.8 Å². The van der Waals surface area contributed by atoms with Gasteiger partial charge in [0.05, 0.1) is 0 Å². The van der Waals surface area contributed by atoms with Gasteiger partial charge in [-0.3, -0.25) is 0 Å². The lowest BCUT2D eigenvalue weighted by molar-refractivity contribution is 0.435. The number of thioether (sulfide) groups is 1. The number of aromatic hydroxyl groups is 2. The van der Waals surface area contributed by atoms with Gasteiger partial charge in [0.1, 0.15) is 11.5 Å². The molecule has 0 aliphatic heterocycles. The van der Waals surface area contributed by atoms with Crippen LogP contribution in [0.3, 0.4) is 0 Å². The molecular weight excluding hydrogens is 258 g/mol. The molecule has 0 saturated carbocycles. The van der Waals surface area contributed by atoms with Crippen LogP contribution in [0, 0.1) is 0 Å². The lowest BCUT2D eigenvalue weighted by Crippen LogP contribution is -2.19. The summed E-state index contributed by atoms with van der Waals surface area (Å²) in [6.45, 7) is 2.99. The normalized spacial score (nSPS) is 12.5. The first kappa shape index (κ1) is 16.2. The third kappa shape index (κ3) is 6.21. The highest BCUT2D eigenvalue weighted by Crippen LogP contribution is 2.27. The molecule has 1 aromatic carbocycles. The predicted octanol–water partition coefficient (Wildman–Crippen LogP) is 3.67. The van der Waals surface area contributed by atoms with E-state index in [0.29, 0.717) is 0 Å². The first-order valence-corrected chi connectivity index (χ1v) is 8.28. The van der Waals surface area contributed by atoms with E-state index in [0.717, 1.165) is 18.5 Å². The highest BCUT2D eigenvalue weighted by molar-refractivity contribution is 7.98. The van der Waals surface area contributed by atoms with Crippen molar-refractivity contribution in [3.05, 3.63) is 23.8 Å². The fourth-order valence-electron chi connectivity index (χ4n) is 2.05. The highest BCUT2D eigenvalue weighted by Gasteiger charge is 2.09. The minimum absolute atomic E-state index is 0.0993. The summed E-state index contributed by atoms with van der Waals surface area (Å²) < 4.78 is 0. The second kappa shape index (κ2) is 9.10. The molecule has 4 heteroatoms. The molecule has 0 spiro atoms. The van der Waals surface area contributed by atoms with E-state index in [4.69, 9.17) is 0 Å². The largest absolute Gasteiger partial charge is 0.508 e. The van der Waals surface area contributed by atoms with E-state index in [1.807, 2.05) is 18.7 Å². The molecule has 0 bridgehead atoms. The fraction of sp³-hybridized carbons (Fsp3) is 0.600. The number of hydrogen-bond acceptors (Lipinski definition) is 4. The second-order valence-corrected chi connectivity index (χ2v) is 5.81. The average molecular weight is 283 g/mol. The predicted molar refractivity (Wildman–Crippen MR) is 83.0 cm³/mol. The van der Waals surface area contributed by atoms with Crippen molar-refractivity contribution in [2.45, 2.75) is 38.6 Å². The molecule has 108 valence electrons. The van der Waals surface area contributed by atoms with Crippen LogP contribution < -0.4 is 5.32 Å². The number of nitrogens with one attached hydrogen (secondary N) is 1. The van der Waals surface area contributed by atoms with Crippen molar-refractivity contribution in [2.24, 2.45) is 0 Å². The average Bonchev–Trinajstić information content (AvgIpc) is 2.37. The first-order chi connectivity index (χ1) is 9.15. The van der Waals surface area contributed by atoms with Gasteiger partial charge in [-0.05, 0) is 44.4 Å². The van der Waals surface area contributed by atoms with Crippen molar-refractivity contribution in [3.63, 3.8) is 0 Å². The summed E-state index contributed by atoms with van der Waals surface area (Å²) in [5, 5.41) is 22.4. The van der Waals surface area contributed by atoms with Crippen molar-refractivity contribution in [1.29, 1.82) is 0 Å². The summed E-state index contributed by atoms with van der Waals surface area (Å²) in [5.41, 5.74) is 0.834. The third-order valence-corrected chi connectivity index (χ3v) is 3.90. The SMILES string of the molecule is CSCCCCCCNC(C)c1ccc(O)cc1O. The molecule has 1 atom stereocenters. The number of phenols is 2. The summed E-state index contributed by atoms with van der Waals surface area (Å²) in [7, 11) is 0. The van der Waals surface area contributed by atoms with Gasteiger partial charge in [-0.2, -0.15) is 11.8 Å². The summed E-state index contributed by atoms with van der Waals surface area (Å²) in [5.74, 6) is 1.51. The van der Waals surface area contributed by atoms with Gasteiger partial charge in [0.15, 0.2) is 0 Å². The molecule has 3 N–H and O–H groups in total. The van der Waals surface area contributed by atoms with Gasteiger partial charge in [-0.1, -0.05) is 18.9 Å². The van der Waals surface area contributed by atoms with Gasteiger partial charge in [-0.15, -0.1) is 0 Å². The molecule has 1 aromatic rings. The minimum Gasteiger partial charge on any atom is -0.508 e. The number of rotatable bonds is 9. The van der Waals surface area contributed by atoms with E-state index in [2.05, 4.69) is 11.6 Å².